The lowest BCUT2D eigenvalue weighted by molar-refractivity contribution is 0.0773. The first-order valence-electron chi connectivity index (χ1n) is 4.32. The van der Waals surface area contributed by atoms with Gasteiger partial charge < -0.3 is 10.1 Å². The molecule has 0 unspecified atom stereocenters. The van der Waals surface area contributed by atoms with E-state index in [1.807, 2.05) is 0 Å². The van der Waals surface area contributed by atoms with E-state index < -0.39 is 0 Å². The molecule has 1 heterocycles. The molecule has 0 amide bonds. The van der Waals surface area contributed by atoms with Crippen molar-refractivity contribution < 1.29 is 4.74 Å². The van der Waals surface area contributed by atoms with Crippen molar-refractivity contribution in [2.75, 3.05) is 39.9 Å². The van der Waals surface area contributed by atoms with Crippen molar-refractivity contribution in [2.24, 2.45) is 0 Å². The molecule has 0 saturated carbocycles. The Hall–Kier alpha value is -0.120. The fraction of sp³-hybridized carbons (Fsp3) is 1.00. The third kappa shape index (κ3) is 2.43. The number of ether oxygens (including phenoxy) is 1. The normalized spacial score (nSPS) is 27.3. The molecular formula is C8H18N2O. The summed E-state index contributed by atoms with van der Waals surface area (Å²) in [6.07, 6.45) is 0. The minimum atomic E-state index is 0.582. The van der Waals surface area contributed by atoms with E-state index in [-0.39, 0.29) is 0 Å². The molecule has 0 bridgehead atoms. The van der Waals surface area contributed by atoms with Gasteiger partial charge in [-0.05, 0) is 6.54 Å². The fourth-order valence-corrected chi connectivity index (χ4v) is 1.58. The molecule has 0 aromatic heterocycles. The van der Waals surface area contributed by atoms with Gasteiger partial charge in [-0.1, -0.05) is 6.92 Å². The summed E-state index contributed by atoms with van der Waals surface area (Å²) >= 11 is 0. The van der Waals surface area contributed by atoms with Gasteiger partial charge in [0.05, 0.1) is 6.61 Å². The first kappa shape index (κ1) is 8.97. The number of hydrogen-bond donors (Lipinski definition) is 1. The minimum Gasteiger partial charge on any atom is -0.383 e. The predicted octanol–water partition coefficient (Wildman–Crippen LogP) is -0.0735. The van der Waals surface area contributed by atoms with E-state index in [1.54, 1.807) is 7.11 Å². The maximum atomic E-state index is 5.13. The summed E-state index contributed by atoms with van der Waals surface area (Å²) < 4.78 is 5.13. The summed E-state index contributed by atoms with van der Waals surface area (Å²) in [5, 5.41) is 3.36. The lowest BCUT2D eigenvalue weighted by Gasteiger charge is -2.34. The quantitative estimate of drug-likeness (QED) is 0.622. The second kappa shape index (κ2) is 4.70. The highest BCUT2D eigenvalue weighted by atomic mass is 16.5. The molecule has 11 heavy (non-hydrogen) atoms. The van der Waals surface area contributed by atoms with Crippen LogP contribution in [0, 0.1) is 0 Å². The molecule has 1 saturated heterocycles. The predicted molar refractivity (Wildman–Crippen MR) is 45.8 cm³/mol. The molecule has 1 fully saturated rings. The summed E-state index contributed by atoms with van der Waals surface area (Å²) in [5.74, 6) is 0. The van der Waals surface area contributed by atoms with E-state index in [2.05, 4.69) is 17.1 Å². The topological polar surface area (TPSA) is 24.5 Å². The van der Waals surface area contributed by atoms with Crippen molar-refractivity contribution in [1.82, 2.24) is 10.2 Å². The molecule has 3 nitrogen and oxygen atoms in total. The highest BCUT2D eigenvalue weighted by Crippen LogP contribution is 2.01. The third-order valence-electron chi connectivity index (χ3n) is 2.24. The molecular weight excluding hydrogens is 140 g/mol. The number of likely N-dealkylation sites (N-methyl/N-ethyl adjacent to an activating group) is 1. The zero-order valence-electron chi connectivity index (χ0n) is 7.47. The minimum absolute atomic E-state index is 0.582. The summed E-state index contributed by atoms with van der Waals surface area (Å²) in [6, 6.07) is 0.582. The maximum Gasteiger partial charge on any atom is 0.0630 e. The molecule has 1 rings (SSSR count). The summed E-state index contributed by atoms with van der Waals surface area (Å²) in [7, 11) is 1.77. The Balaban J connectivity index is 2.31. The standard InChI is InChI=1S/C8H18N2O/c1-3-10-5-4-9-6-8(10)7-11-2/h8-9H,3-7H2,1-2H3/t8-/m1/s1. The second-order valence-corrected chi connectivity index (χ2v) is 2.94. The van der Waals surface area contributed by atoms with Crippen LogP contribution in [0.5, 0.6) is 0 Å². The maximum absolute atomic E-state index is 5.13. The van der Waals surface area contributed by atoms with Crippen molar-refractivity contribution in [3.8, 4) is 0 Å². The van der Waals surface area contributed by atoms with Crippen molar-refractivity contribution >= 4 is 0 Å². The number of piperazine rings is 1. The molecule has 0 aromatic rings. The van der Waals surface area contributed by atoms with E-state index in [0.29, 0.717) is 6.04 Å². The number of nitrogens with zero attached hydrogens (tertiary/aromatic N) is 1. The smallest absolute Gasteiger partial charge is 0.0630 e. The number of hydrogen-bond acceptors (Lipinski definition) is 3. The first-order valence-corrected chi connectivity index (χ1v) is 4.32. The average molecular weight is 158 g/mol. The van der Waals surface area contributed by atoms with Crippen molar-refractivity contribution in [1.29, 1.82) is 0 Å². The van der Waals surface area contributed by atoms with Crippen LogP contribution in [0.1, 0.15) is 6.92 Å². The number of nitrogens with one attached hydrogen (secondary N) is 1. The van der Waals surface area contributed by atoms with E-state index >= 15 is 0 Å². The lowest BCUT2D eigenvalue weighted by atomic mass is 10.2. The van der Waals surface area contributed by atoms with Crippen LogP contribution >= 0.6 is 0 Å². The van der Waals surface area contributed by atoms with Gasteiger partial charge in [0.2, 0.25) is 0 Å². The molecule has 66 valence electrons. The molecule has 1 N–H and O–H groups in total. The highest BCUT2D eigenvalue weighted by Gasteiger charge is 2.19. The summed E-state index contributed by atoms with van der Waals surface area (Å²) in [5.41, 5.74) is 0. The first-order chi connectivity index (χ1) is 5.38. The van der Waals surface area contributed by atoms with Crippen molar-refractivity contribution in [2.45, 2.75) is 13.0 Å². The fourth-order valence-electron chi connectivity index (χ4n) is 1.58. The molecule has 0 aliphatic carbocycles. The highest BCUT2D eigenvalue weighted by molar-refractivity contribution is 4.78. The Morgan fingerprint density at radius 2 is 2.45 bits per heavy atom. The van der Waals surface area contributed by atoms with Crippen LogP contribution in [0.2, 0.25) is 0 Å². The third-order valence-corrected chi connectivity index (χ3v) is 2.24. The van der Waals surface area contributed by atoms with E-state index in [0.717, 1.165) is 32.8 Å². The molecule has 0 aromatic carbocycles. The molecule has 1 atom stereocenters. The van der Waals surface area contributed by atoms with Gasteiger partial charge in [0, 0.05) is 32.8 Å². The van der Waals surface area contributed by atoms with Gasteiger partial charge in [0.25, 0.3) is 0 Å². The zero-order valence-corrected chi connectivity index (χ0v) is 7.47. The average Bonchev–Trinajstić information content (AvgIpc) is 2.06. The van der Waals surface area contributed by atoms with Crippen LogP contribution in [0.4, 0.5) is 0 Å². The van der Waals surface area contributed by atoms with E-state index in [4.69, 9.17) is 4.74 Å². The van der Waals surface area contributed by atoms with E-state index in [9.17, 15) is 0 Å². The Kier molecular flexibility index (Phi) is 3.83. The number of methoxy groups -OCH3 is 1. The van der Waals surface area contributed by atoms with Gasteiger partial charge in [0.1, 0.15) is 0 Å². The van der Waals surface area contributed by atoms with Gasteiger partial charge >= 0.3 is 0 Å². The zero-order chi connectivity index (χ0) is 8.10. The largest absolute Gasteiger partial charge is 0.383 e. The van der Waals surface area contributed by atoms with Crippen LogP contribution < -0.4 is 5.32 Å². The summed E-state index contributed by atoms with van der Waals surface area (Å²) in [6.45, 7) is 7.53. The molecule has 0 radical (unpaired) electrons. The Bertz CT molecular complexity index is 106. The van der Waals surface area contributed by atoms with Crippen LogP contribution in [-0.4, -0.2) is 50.8 Å². The van der Waals surface area contributed by atoms with Crippen LogP contribution in [0.25, 0.3) is 0 Å². The Morgan fingerprint density at radius 1 is 1.64 bits per heavy atom. The van der Waals surface area contributed by atoms with Gasteiger partial charge in [-0.25, -0.2) is 0 Å². The SMILES string of the molecule is CCN1CCNC[C@@H]1COC. The van der Waals surface area contributed by atoms with Gasteiger partial charge in [-0.2, -0.15) is 0 Å². The summed E-state index contributed by atoms with van der Waals surface area (Å²) in [4.78, 5) is 2.46. The van der Waals surface area contributed by atoms with Crippen LogP contribution in [-0.2, 0) is 4.74 Å². The second-order valence-electron chi connectivity index (χ2n) is 2.94. The lowest BCUT2D eigenvalue weighted by Crippen LogP contribution is -2.52. The number of rotatable bonds is 3. The monoisotopic (exact) mass is 158 g/mol. The Labute approximate surface area is 68.7 Å². The molecule has 0 spiro atoms. The Morgan fingerprint density at radius 3 is 3.09 bits per heavy atom. The van der Waals surface area contributed by atoms with Gasteiger partial charge in [0.15, 0.2) is 0 Å². The van der Waals surface area contributed by atoms with Gasteiger partial charge in [-0.3, -0.25) is 4.90 Å². The molecule has 1 aliphatic heterocycles. The van der Waals surface area contributed by atoms with E-state index in [1.165, 1.54) is 0 Å². The van der Waals surface area contributed by atoms with Gasteiger partial charge in [-0.15, -0.1) is 0 Å². The molecule has 1 aliphatic rings. The molecule has 3 heteroatoms. The van der Waals surface area contributed by atoms with Crippen molar-refractivity contribution in [3.05, 3.63) is 0 Å². The van der Waals surface area contributed by atoms with Crippen LogP contribution in [0.3, 0.4) is 0 Å². The van der Waals surface area contributed by atoms with Crippen molar-refractivity contribution in [3.63, 3.8) is 0 Å². The van der Waals surface area contributed by atoms with Crippen LogP contribution in [0.15, 0.2) is 0 Å².